The largest absolute Gasteiger partial charge is 0.333 e. The van der Waals surface area contributed by atoms with E-state index in [1.54, 1.807) is 11.3 Å². The number of aryl methyl sites for hydroxylation is 1. The Hall–Kier alpha value is -0.870. The summed E-state index contributed by atoms with van der Waals surface area (Å²) in [7, 11) is 0. The molecule has 0 unspecified atom stereocenters. The summed E-state index contributed by atoms with van der Waals surface area (Å²) in [6.45, 7) is 5.73. The lowest BCUT2D eigenvalue weighted by molar-refractivity contribution is 0.0537. The highest BCUT2D eigenvalue weighted by molar-refractivity contribution is 7.14. The molecule has 1 aliphatic heterocycles. The van der Waals surface area contributed by atoms with Crippen LogP contribution in [0.1, 0.15) is 41.2 Å². The molecule has 1 amide bonds. The summed E-state index contributed by atoms with van der Waals surface area (Å²) in [6.07, 6.45) is 3.26. The molecule has 1 aliphatic rings. The molecule has 1 aromatic rings. The van der Waals surface area contributed by atoms with Gasteiger partial charge in [0, 0.05) is 24.0 Å². The molecule has 2 heterocycles. The van der Waals surface area contributed by atoms with Crippen LogP contribution in [0.3, 0.4) is 0 Å². The first-order valence-electron chi connectivity index (χ1n) is 6.77. The number of nitrogens with two attached hydrogens (primary N) is 1. The molecule has 4 heteroatoms. The molecule has 1 fully saturated rings. The SMILES string of the molecule is CCc1ccc(C(=O)N2CCC[C@@H](C)[C@@H]2CN)s1. The molecular weight excluding hydrogens is 244 g/mol. The number of hydrogen-bond acceptors (Lipinski definition) is 3. The van der Waals surface area contributed by atoms with Gasteiger partial charge in [0.1, 0.15) is 0 Å². The average Bonchev–Trinajstić information content (AvgIpc) is 2.86. The van der Waals surface area contributed by atoms with Crippen molar-refractivity contribution in [3.05, 3.63) is 21.9 Å². The predicted octanol–water partition coefficient (Wildman–Crippen LogP) is 2.51. The molecule has 0 aliphatic carbocycles. The molecular formula is C14H22N2OS. The maximum Gasteiger partial charge on any atom is 0.264 e. The zero-order chi connectivity index (χ0) is 13.1. The lowest BCUT2D eigenvalue weighted by Crippen LogP contribution is -2.51. The number of thiophene rings is 1. The van der Waals surface area contributed by atoms with Gasteiger partial charge in [0.2, 0.25) is 0 Å². The molecule has 100 valence electrons. The van der Waals surface area contributed by atoms with Crippen LogP contribution in [-0.4, -0.2) is 29.9 Å². The highest BCUT2D eigenvalue weighted by Gasteiger charge is 2.31. The molecule has 0 saturated carbocycles. The topological polar surface area (TPSA) is 46.3 Å². The first-order valence-corrected chi connectivity index (χ1v) is 7.58. The molecule has 0 bridgehead atoms. The van der Waals surface area contributed by atoms with Crippen LogP contribution in [0.15, 0.2) is 12.1 Å². The van der Waals surface area contributed by atoms with Crippen molar-refractivity contribution in [2.24, 2.45) is 11.7 Å². The molecule has 2 atom stereocenters. The number of amides is 1. The van der Waals surface area contributed by atoms with Gasteiger partial charge in [-0.15, -0.1) is 11.3 Å². The molecule has 0 spiro atoms. The van der Waals surface area contributed by atoms with Crippen molar-refractivity contribution in [1.82, 2.24) is 4.90 Å². The van der Waals surface area contributed by atoms with Crippen LogP contribution >= 0.6 is 11.3 Å². The van der Waals surface area contributed by atoms with Crippen LogP contribution in [-0.2, 0) is 6.42 Å². The zero-order valence-corrected chi connectivity index (χ0v) is 12.0. The first-order chi connectivity index (χ1) is 8.67. The van der Waals surface area contributed by atoms with Gasteiger partial charge in [-0.3, -0.25) is 4.79 Å². The molecule has 2 rings (SSSR count). The van der Waals surface area contributed by atoms with Crippen molar-refractivity contribution in [3.63, 3.8) is 0 Å². The molecule has 2 N–H and O–H groups in total. The van der Waals surface area contributed by atoms with Gasteiger partial charge < -0.3 is 10.6 Å². The second-order valence-corrected chi connectivity index (χ2v) is 6.21. The zero-order valence-electron chi connectivity index (χ0n) is 11.2. The Morgan fingerprint density at radius 3 is 2.94 bits per heavy atom. The number of carbonyl (C=O) groups excluding carboxylic acids is 1. The minimum Gasteiger partial charge on any atom is -0.333 e. The lowest BCUT2D eigenvalue weighted by Gasteiger charge is -2.39. The third kappa shape index (κ3) is 2.59. The van der Waals surface area contributed by atoms with Gasteiger partial charge in [-0.05, 0) is 37.3 Å². The first kappa shape index (κ1) is 13.6. The Labute approximate surface area is 113 Å². The summed E-state index contributed by atoms with van der Waals surface area (Å²) < 4.78 is 0. The van der Waals surface area contributed by atoms with Crippen molar-refractivity contribution < 1.29 is 4.79 Å². The van der Waals surface area contributed by atoms with E-state index in [9.17, 15) is 4.79 Å². The van der Waals surface area contributed by atoms with Gasteiger partial charge in [-0.1, -0.05) is 13.8 Å². The third-order valence-corrected chi connectivity index (χ3v) is 5.06. The number of likely N-dealkylation sites (tertiary alicyclic amines) is 1. The van der Waals surface area contributed by atoms with Gasteiger partial charge >= 0.3 is 0 Å². The van der Waals surface area contributed by atoms with E-state index < -0.39 is 0 Å². The highest BCUT2D eigenvalue weighted by Crippen LogP contribution is 2.26. The third-order valence-electron chi connectivity index (χ3n) is 3.84. The van der Waals surface area contributed by atoms with E-state index >= 15 is 0 Å². The van der Waals surface area contributed by atoms with Crippen LogP contribution in [0.5, 0.6) is 0 Å². The van der Waals surface area contributed by atoms with Gasteiger partial charge in [-0.2, -0.15) is 0 Å². The van der Waals surface area contributed by atoms with E-state index in [1.165, 1.54) is 11.3 Å². The fourth-order valence-electron chi connectivity index (χ4n) is 2.69. The highest BCUT2D eigenvalue weighted by atomic mass is 32.1. The molecule has 0 radical (unpaired) electrons. The van der Waals surface area contributed by atoms with Crippen LogP contribution < -0.4 is 5.73 Å². The monoisotopic (exact) mass is 266 g/mol. The van der Waals surface area contributed by atoms with Crippen LogP contribution in [0.4, 0.5) is 0 Å². The van der Waals surface area contributed by atoms with E-state index in [1.807, 2.05) is 11.0 Å². The van der Waals surface area contributed by atoms with Gasteiger partial charge in [0.15, 0.2) is 0 Å². The molecule has 18 heavy (non-hydrogen) atoms. The number of nitrogens with zero attached hydrogens (tertiary/aromatic N) is 1. The second-order valence-electron chi connectivity index (χ2n) is 5.04. The van der Waals surface area contributed by atoms with Crippen molar-refractivity contribution in [3.8, 4) is 0 Å². The molecule has 3 nitrogen and oxygen atoms in total. The predicted molar refractivity (Wildman–Crippen MR) is 76.0 cm³/mol. The maximum atomic E-state index is 12.5. The maximum absolute atomic E-state index is 12.5. The number of hydrogen-bond donors (Lipinski definition) is 1. The Morgan fingerprint density at radius 2 is 2.33 bits per heavy atom. The molecule has 1 saturated heterocycles. The summed E-state index contributed by atoms with van der Waals surface area (Å²) in [5.41, 5.74) is 5.84. The normalized spacial score (nSPS) is 24.3. The Kier molecular flexibility index (Phi) is 4.40. The number of piperidine rings is 1. The quantitative estimate of drug-likeness (QED) is 0.913. The summed E-state index contributed by atoms with van der Waals surface area (Å²) in [5, 5.41) is 0. The summed E-state index contributed by atoms with van der Waals surface area (Å²) in [5.74, 6) is 0.681. The number of rotatable bonds is 3. The summed E-state index contributed by atoms with van der Waals surface area (Å²) in [4.78, 5) is 16.6. The van der Waals surface area contributed by atoms with Crippen molar-refractivity contribution in [2.45, 2.75) is 39.2 Å². The number of carbonyl (C=O) groups is 1. The standard InChI is InChI=1S/C14H22N2OS/c1-3-11-6-7-13(18-11)14(17)16-8-4-5-10(2)12(16)9-15/h6-7,10,12H,3-5,8-9,15H2,1-2H3/t10-,12+/m1/s1. The van der Waals surface area contributed by atoms with Crippen molar-refractivity contribution in [2.75, 3.05) is 13.1 Å². The fourth-order valence-corrected chi connectivity index (χ4v) is 3.59. The van der Waals surface area contributed by atoms with E-state index in [2.05, 4.69) is 19.9 Å². The van der Waals surface area contributed by atoms with Crippen LogP contribution in [0.25, 0.3) is 0 Å². The van der Waals surface area contributed by atoms with Crippen molar-refractivity contribution >= 4 is 17.2 Å². The van der Waals surface area contributed by atoms with Crippen LogP contribution in [0.2, 0.25) is 0 Å². The van der Waals surface area contributed by atoms with Crippen LogP contribution in [0, 0.1) is 5.92 Å². The van der Waals surface area contributed by atoms with Gasteiger partial charge in [-0.25, -0.2) is 0 Å². The average molecular weight is 266 g/mol. The summed E-state index contributed by atoms with van der Waals surface area (Å²) >= 11 is 1.62. The van der Waals surface area contributed by atoms with Gasteiger partial charge in [0.05, 0.1) is 4.88 Å². The van der Waals surface area contributed by atoms with Gasteiger partial charge in [0.25, 0.3) is 5.91 Å². The smallest absolute Gasteiger partial charge is 0.264 e. The van der Waals surface area contributed by atoms with E-state index in [4.69, 9.17) is 5.73 Å². The minimum atomic E-state index is 0.168. The fraction of sp³-hybridized carbons (Fsp3) is 0.643. The van der Waals surface area contributed by atoms with E-state index in [0.717, 1.165) is 24.3 Å². The summed E-state index contributed by atoms with van der Waals surface area (Å²) in [6, 6.07) is 4.22. The Bertz CT molecular complexity index is 416. The molecule has 0 aromatic carbocycles. The Balaban J connectivity index is 2.16. The lowest BCUT2D eigenvalue weighted by atomic mass is 9.90. The van der Waals surface area contributed by atoms with Crippen molar-refractivity contribution in [1.29, 1.82) is 0 Å². The minimum absolute atomic E-state index is 0.168. The second kappa shape index (κ2) is 5.85. The van der Waals surface area contributed by atoms with E-state index in [0.29, 0.717) is 12.5 Å². The molecule has 1 aromatic heterocycles. The Morgan fingerprint density at radius 1 is 1.56 bits per heavy atom. The van der Waals surface area contributed by atoms with E-state index in [-0.39, 0.29) is 11.9 Å².